The Morgan fingerprint density at radius 2 is 1.67 bits per heavy atom. The summed E-state index contributed by atoms with van der Waals surface area (Å²) in [5.74, 6) is 0.487. The first-order valence-corrected chi connectivity index (χ1v) is 4.99. The zero-order valence-corrected chi connectivity index (χ0v) is 9.10. The molecule has 0 saturated carbocycles. The van der Waals surface area contributed by atoms with E-state index < -0.39 is 11.7 Å². The van der Waals surface area contributed by atoms with Crippen LogP contribution in [0.1, 0.15) is 37.8 Å². The van der Waals surface area contributed by atoms with E-state index in [1.165, 1.54) is 12.1 Å². The van der Waals surface area contributed by atoms with E-state index >= 15 is 0 Å². The highest BCUT2D eigenvalue weighted by atomic mass is 19.4. The number of alkyl halides is 3. The molecular formula is C12H15F3. The predicted molar refractivity (Wildman–Crippen MR) is 54.7 cm³/mol. The van der Waals surface area contributed by atoms with Crippen molar-refractivity contribution in [3.8, 4) is 0 Å². The third-order valence-electron chi connectivity index (χ3n) is 2.74. The summed E-state index contributed by atoms with van der Waals surface area (Å²) in [6, 6.07) is 5.57. The van der Waals surface area contributed by atoms with Crippen LogP contribution in [0, 0.1) is 5.92 Å². The molecule has 15 heavy (non-hydrogen) atoms. The first-order chi connectivity index (χ1) is 6.82. The van der Waals surface area contributed by atoms with Gasteiger partial charge in [0, 0.05) is 0 Å². The van der Waals surface area contributed by atoms with E-state index in [4.69, 9.17) is 0 Å². The van der Waals surface area contributed by atoms with Crippen LogP contribution in [0.2, 0.25) is 0 Å². The summed E-state index contributed by atoms with van der Waals surface area (Å²) in [5.41, 5.74) is 0.187. The maximum atomic E-state index is 12.4. The Morgan fingerprint density at radius 3 is 2.13 bits per heavy atom. The van der Waals surface area contributed by atoms with Crippen molar-refractivity contribution in [2.45, 2.75) is 32.9 Å². The molecule has 0 fully saturated rings. The van der Waals surface area contributed by atoms with Crippen molar-refractivity contribution in [3.63, 3.8) is 0 Å². The van der Waals surface area contributed by atoms with Crippen molar-refractivity contribution < 1.29 is 13.2 Å². The van der Waals surface area contributed by atoms with E-state index in [2.05, 4.69) is 0 Å². The van der Waals surface area contributed by atoms with Gasteiger partial charge in [0.2, 0.25) is 0 Å². The minimum Gasteiger partial charge on any atom is -0.166 e. The Balaban J connectivity index is 3.03. The van der Waals surface area contributed by atoms with Crippen molar-refractivity contribution in [2.24, 2.45) is 5.92 Å². The number of benzene rings is 1. The third-order valence-corrected chi connectivity index (χ3v) is 2.74. The standard InChI is InChI=1S/C12H15F3/c1-8(2)9(3)10-5-4-6-11(7-10)12(13,14)15/h4-9H,1-3H3/t9-/m1/s1. The molecule has 1 atom stereocenters. The molecule has 0 aliphatic carbocycles. The lowest BCUT2D eigenvalue weighted by Crippen LogP contribution is -2.08. The predicted octanol–water partition coefficient (Wildman–Crippen LogP) is 4.46. The van der Waals surface area contributed by atoms with Gasteiger partial charge in [-0.05, 0) is 23.5 Å². The topological polar surface area (TPSA) is 0 Å². The van der Waals surface area contributed by atoms with Crippen molar-refractivity contribution in [1.82, 2.24) is 0 Å². The molecule has 0 saturated heterocycles. The number of rotatable bonds is 2. The van der Waals surface area contributed by atoms with E-state index in [1.807, 2.05) is 20.8 Å². The van der Waals surface area contributed by atoms with E-state index in [1.54, 1.807) is 6.07 Å². The normalized spacial score (nSPS) is 14.3. The van der Waals surface area contributed by atoms with E-state index in [0.29, 0.717) is 5.92 Å². The van der Waals surface area contributed by atoms with Gasteiger partial charge in [0.15, 0.2) is 0 Å². The SMILES string of the molecule is CC(C)[C@@H](C)c1cccc(C(F)(F)F)c1. The third kappa shape index (κ3) is 2.98. The summed E-state index contributed by atoms with van der Waals surface area (Å²) >= 11 is 0. The monoisotopic (exact) mass is 216 g/mol. The van der Waals surface area contributed by atoms with Gasteiger partial charge >= 0.3 is 6.18 Å². The average molecular weight is 216 g/mol. The van der Waals surface area contributed by atoms with Crippen LogP contribution in [-0.2, 0) is 6.18 Å². The quantitative estimate of drug-likeness (QED) is 0.684. The molecular weight excluding hydrogens is 201 g/mol. The number of halogens is 3. The van der Waals surface area contributed by atoms with Crippen LogP contribution in [0.5, 0.6) is 0 Å². The van der Waals surface area contributed by atoms with Gasteiger partial charge in [-0.1, -0.05) is 39.0 Å². The van der Waals surface area contributed by atoms with Crippen LogP contribution in [-0.4, -0.2) is 0 Å². The largest absolute Gasteiger partial charge is 0.416 e. The highest BCUT2D eigenvalue weighted by Gasteiger charge is 2.30. The van der Waals surface area contributed by atoms with E-state index in [0.717, 1.165) is 11.6 Å². The van der Waals surface area contributed by atoms with Gasteiger partial charge in [0.1, 0.15) is 0 Å². The summed E-state index contributed by atoms with van der Waals surface area (Å²) in [6.07, 6.45) is -4.24. The molecule has 1 rings (SSSR count). The molecule has 0 unspecified atom stereocenters. The Labute approximate surface area is 88.1 Å². The van der Waals surface area contributed by atoms with Gasteiger partial charge in [0.05, 0.1) is 5.56 Å². The minimum absolute atomic E-state index is 0.146. The fraction of sp³-hybridized carbons (Fsp3) is 0.500. The van der Waals surface area contributed by atoms with Crippen molar-refractivity contribution in [1.29, 1.82) is 0 Å². The second kappa shape index (κ2) is 4.25. The number of hydrogen-bond donors (Lipinski definition) is 0. The first-order valence-electron chi connectivity index (χ1n) is 4.99. The van der Waals surface area contributed by atoms with Crippen LogP contribution in [0.25, 0.3) is 0 Å². The molecule has 0 aromatic heterocycles. The molecule has 1 aromatic rings. The fourth-order valence-corrected chi connectivity index (χ4v) is 1.38. The molecule has 0 nitrogen and oxygen atoms in total. The second-order valence-corrected chi connectivity index (χ2v) is 4.16. The molecule has 0 amide bonds. The lowest BCUT2D eigenvalue weighted by Gasteiger charge is -2.17. The van der Waals surface area contributed by atoms with Crippen LogP contribution in [0.3, 0.4) is 0 Å². The summed E-state index contributed by atoms with van der Waals surface area (Å²) in [5, 5.41) is 0. The molecule has 0 aliphatic rings. The van der Waals surface area contributed by atoms with Crippen LogP contribution >= 0.6 is 0 Å². The molecule has 0 aliphatic heterocycles. The molecule has 0 spiro atoms. The van der Waals surface area contributed by atoms with Gasteiger partial charge in [-0.25, -0.2) is 0 Å². The maximum Gasteiger partial charge on any atom is 0.416 e. The molecule has 84 valence electrons. The van der Waals surface area contributed by atoms with Gasteiger partial charge in [0.25, 0.3) is 0 Å². The van der Waals surface area contributed by atoms with E-state index in [9.17, 15) is 13.2 Å². The lowest BCUT2D eigenvalue weighted by molar-refractivity contribution is -0.137. The summed E-state index contributed by atoms with van der Waals surface area (Å²) in [4.78, 5) is 0. The van der Waals surface area contributed by atoms with Crippen LogP contribution in [0.15, 0.2) is 24.3 Å². The molecule has 0 bridgehead atoms. The van der Waals surface area contributed by atoms with Crippen LogP contribution < -0.4 is 0 Å². The smallest absolute Gasteiger partial charge is 0.166 e. The van der Waals surface area contributed by atoms with E-state index in [-0.39, 0.29) is 5.92 Å². The zero-order chi connectivity index (χ0) is 11.6. The Kier molecular flexibility index (Phi) is 3.42. The molecule has 0 radical (unpaired) electrons. The highest BCUT2D eigenvalue weighted by molar-refractivity contribution is 5.28. The molecule has 3 heteroatoms. The second-order valence-electron chi connectivity index (χ2n) is 4.16. The Morgan fingerprint density at radius 1 is 1.07 bits per heavy atom. The minimum atomic E-state index is -4.24. The Bertz CT molecular complexity index is 326. The fourth-order valence-electron chi connectivity index (χ4n) is 1.38. The van der Waals surface area contributed by atoms with Crippen molar-refractivity contribution in [3.05, 3.63) is 35.4 Å². The molecule has 0 N–H and O–H groups in total. The summed E-state index contributed by atoms with van der Waals surface area (Å²) in [6.45, 7) is 5.95. The first kappa shape index (κ1) is 12.1. The Hall–Kier alpha value is -0.990. The van der Waals surface area contributed by atoms with Crippen molar-refractivity contribution >= 4 is 0 Å². The zero-order valence-electron chi connectivity index (χ0n) is 9.10. The van der Waals surface area contributed by atoms with Gasteiger partial charge in [-0.15, -0.1) is 0 Å². The number of hydrogen-bond acceptors (Lipinski definition) is 0. The molecule has 1 aromatic carbocycles. The van der Waals surface area contributed by atoms with Gasteiger partial charge < -0.3 is 0 Å². The lowest BCUT2D eigenvalue weighted by atomic mass is 9.89. The average Bonchev–Trinajstić information content (AvgIpc) is 2.15. The van der Waals surface area contributed by atoms with Crippen LogP contribution in [0.4, 0.5) is 13.2 Å². The highest BCUT2D eigenvalue weighted by Crippen LogP contribution is 2.32. The molecule has 0 heterocycles. The van der Waals surface area contributed by atoms with Crippen molar-refractivity contribution in [2.75, 3.05) is 0 Å². The summed E-state index contributed by atoms with van der Waals surface area (Å²) in [7, 11) is 0. The van der Waals surface area contributed by atoms with Gasteiger partial charge in [-0.2, -0.15) is 13.2 Å². The summed E-state index contributed by atoms with van der Waals surface area (Å²) < 4.78 is 37.3. The van der Waals surface area contributed by atoms with Gasteiger partial charge in [-0.3, -0.25) is 0 Å². The maximum absolute atomic E-state index is 12.4.